The molecule has 0 saturated carbocycles. The summed E-state index contributed by atoms with van der Waals surface area (Å²) in [7, 11) is 0. The lowest BCUT2D eigenvalue weighted by Crippen LogP contribution is -2.52. The Morgan fingerprint density at radius 2 is 2.00 bits per heavy atom. The maximum atomic E-state index is 12.6. The summed E-state index contributed by atoms with van der Waals surface area (Å²) < 4.78 is 5.79. The number of rotatable bonds is 3. The summed E-state index contributed by atoms with van der Waals surface area (Å²) >= 11 is 0. The van der Waals surface area contributed by atoms with Gasteiger partial charge in [0.15, 0.2) is 5.76 Å². The molecule has 4 nitrogen and oxygen atoms in total. The fraction of sp³-hybridized carbons (Fsp3) is 0.389. The van der Waals surface area contributed by atoms with Crippen LogP contribution in [0.15, 0.2) is 40.8 Å². The summed E-state index contributed by atoms with van der Waals surface area (Å²) in [5, 5.41) is 3.29. The van der Waals surface area contributed by atoms with Crippen LogP contribution in [0.2, 0.25) is 0 Å². The standard InChI is InChI=1S/C18H22N2O2.ClH/c1-3-14-4-6-15(7-5-14)16-8-9-17(22-16)18(21)20-11-10-19-12-13(20)2;/h4-9,13,19H,3,10-12H2,1-2H3;1H/t13-;/m0./s1. The number of hydrogen-bond acceptors (Lipinski definition) is 3. The molecule has 3 rings (SSSR count). The Balaban J connectivity index is 0.00000192. The van der Waals surface area contributed by atoms with Crippen molar-refractivity contribution in [2.75, 3.05) is 19.6 Å². The molecule has 0 radical (unpaired) electrons. The van der Waals surface area contributed by atoms with Crippen LogP contribution in [0.25, 0.3) is 11.3 Å². The fourth-order valence-electron chi connectivity index (χ4n) is 2.80. The zero-order valence-electron chi connectivity index (χ0n) is 13.5. The van der Waals surface area contributed by atoms with E-state index in [2.05, 4.69) is 31.3 Å². The third kappa shape index (κ3) is 3.77. The summed E-state index contributed by atoms with van der Waals surface area (Å²) in [5.41, 5.74) is 2.30. The second-order valence-corrected chi connectivity index (χ2v) is 5.77. The Kier molecular flexibility index (Phi) is 5.85. The molecule has 1 aromatic heterocycles. The SMILES string of the molecule is CCc1ccc(-c2ccc(C(=O)N3CCNC[C@@H]3C)o2)cc1.Cl. The van der Waals surface area contributed by atoms with Crippen LogP contribution in [0.5, 0.6) is 0 Å². The van der Waals surface area contributed by atoms with Crippen LogP contribution in [-0.4, -0.2) is 36.5 Å². The lowest BCUT2D eigenvalue weighted by Gasteiger charge is -2.33. The summed E-state index contributed by atoms with van der Waals surface area (Å²) in [6.45, 7) is 6.58. The monoisotopic (exact) mass is 334 g/mol. The lowest BCUT2D eigenvalue weighted by molar-refractivity contribution is 0.0624. The molecule has 0 aliphatic carbocycles. The number of amides is 1. The van der Waals surface area contributed by atoms with E-state index in [9.17, 15) is 4.79 Å². The highest BCUT2D eigenvalue weighted by atomic mass is 35.5. The van der Waals surface area contributed by atoms with Gasteiger partial charge < -0.3 is 14.6 Å². The molecule has 1 aromatic carbocycles. The number of carbonyl (C=O) groups is 1. The Morgan fingerprint density at radius 3 is 2.65 bits per heavy atom. The lowest BCUT2D eigenvalue weighted by atomic mass is 10.1. The van der Waals surface area contributed by atoms with E-state index in [-0.39, 0.29) is 24.4 Å². The smallest absolute Gasteiger partial charge is 0.289 e. The highest BCUT2D eigenvalue weighted by Crippen LogP contribution is 2.24. The summed E-state index contributed by atoms with van der Waals surface area (Å²) in [4.78, 5) is 14.4. The molecule has 1 amide bonds. The van der Waals surface area contributed by atoms with Gasteiger partial charge in [-0.15, -0.1) is 12.4 Å². The van der Waals surface area contributed by atoms with Crippen molar-refractivity contribution in [3.63, 3.8) is 0 Å². The van der Waals surface area contributed by atoms with Gasteiger partial charge >= 0.3 is 0 Å². The van der Waals surface area contributed by atoms with Crippen molar-refractivity contribution in [2.45, 2.75) is 26.3 Å². The van der Waals surface area contributed by atoms with Crippen molar-refractivity contribution >= 4 is 18.3 Å². The minimum absolute atomic E-state index is 0. The minimum atomic E-state index is -0.0228. The van der Waals surface area contributed by atoms with Crippen LogP contribution in [0.3, 0.4) is 0 Å². The van der Waals surface area contributed by atoms with Crippen LogP contribution in [0, 0.1) is 0 Å². The highest BCUT2D eigenvalue weighted by Gasteiger charge is 2.26. The van der Waals surface area contributed by atoms with E-state index in [4.69, 9.17) is 4.42 Å². The van der Waals surface area contributed by atoms with E-state index < -0.39 is 0 Å². The zero-order valence-corrected chi connectivity index (χ0v) is 14.4. The number of furan rings is 1. The average molecular weight is 335 g/mol. The molecular weight excluding hydrogens is 312 g/mol. The Bertz CT molecular complexity index is 651. The second-order valence-electron chi connectivity index (χ2n) is 5.77. The van der Waals surface area contributed by atoms with Gasteiger partial charge in [-0.25, -0.2) is 0 Å². The molecule has 1 fully saturated rings. The van der Waals surface area contributed by atoms with Crippen LogP contribution in [0.1, 0.15) is 30.0 Å². The molecule has 124 valence electrons. The minimum Gasteiger partial charge on any atom is -0.451 e. The van der Waals surface area contributed by atoms with Crippen molar-refractivity contribution in [3.05, 3.63) is 47.7 Å². The van der Waals surface area contributed by atoms with Gasteiger partial charge in [0, 0.05) is 31.2 Å². The molecule has 1 N–H and O–H groups in total. The first-order valence-electron chi connectivity index (χ1n) is 7.90. The van der Waals surface area contributed by atoms with Crippen molar-refractivity contribution in [1.29, 1.82) is 0 Å². The van der Waals surface area contributed by atoms with E-state index >= 15 is 0 Å². The molecule has 0 bridgehead atoms. The van der Waals surface area contributed by atoms with E-state index in [0.717, 1.165) is 37.4 Å². The highest BCUT2D eigenvalue weighted by molar-refractivity contribution is 5.92. The third-order valence-electron chi connectivity index (χ3n) is 4.23. The molecule has 1 atom stereocenters. The van der Waals surface area contributed by atoms with Crippen LogP contribution >= 0.6 is 12.4 Å². The van der Waals surface area contributed by atoms with Gasteiger partial charge in [-0.1, -0.05) is 31.2 Å². The fourth-order valence-corrected chi connectivity index (χ4v) is 2.80. The average Bonchev–Trinajstić information content (AvgIpc) is 3.05. The predicted octanol–water partition coefficient (Wildman–Crippen LogP) is 3.36. The maximum absolute atomic E-state index is 12.6. The van der Waals surface area contributed by atoms with Crippen molar-refractivity contribution in [1.82, 2.24) is 10.2 Å². The molecule has 2 heterocycles. The largest absolute Gasteiger partial charge is 0.451 e. The van der Waals surface area contributed by atoms with Gasteiger partial charge in [-0.2, -0.15) is 0 Å². The zero-order chi connectivity index (χ0) is 15.5. The summed E-state index contributed by atoms with van der Waals surface area (Å²) in [6.07, 6.45) is 1.02. The quantitative estimate of drug-likeness (QED) is 0.936. The third-order valence-corrected chi connectivity index (χ3v) is 4.23. The normalized spacial score (nSPS) is 17.7. The van der Waals surface area contributed by atoms with Crippen molar-refractivity contribution in [2.24, 2.45) is 0 Å². The Labute approximate surface area is 143 Å². The van der Waals surface area contributed by atoms with Gasteiger partial charge in [-0.05, 0) is 31.0 Å². The first-order chi connectivity index (χ1) is 10.7. The first kappa shape index (κ1) is 17.6. The number of carbonyl (C=O) groups excluding carboxylic acids is 1. The maximum Gasteiger partial charge on any atom is 0.289 e. The molecule has 23 heavy (non-hydrogen) atoms. The number of nitrogens with one attached hydrogen (secondary N) is 1. The van der Waals surface area contributed by atoms with Crippen molar-refractivity contribution in [3.8, 4) is 11.3 Å². The Hall–Kier alpha value is -1.78. The molecule has 5 heteroatoms. The second kappa shape index (κ2) is 7.66. The van der Waals surface area contributed by atoms with E-state index in [1.54, 1.807) is 6.07 Å². The number of nitrogens with zero attached hydrogens (tertiary/aromatic N) is 1. The molecule has 0 spiro atoms. The van der Waals surface area contributed by atoms with E-state index in [1.165, 1.54) is 5.56 Å². The molecule has 1 aliphatic heterocycles. The number of benzene rings is 1. The number of hydrogen-bond donors (Lipinski definition) is 1. The topological polar surface area (TPSA) is 45.5 Å². The van der Waals surface area contributed by atoms with E-state index in [1.807, 2.05) is 23.1 Å². The first-order valence-corrected chi connectivity index (χ1v) is 7.90. The predicted molar refractivity (Wildman–Crippen MR) is 94.1 cm³/mol. The van der Waals surface area contributed by atoms with Gasteiger partial charge in [0.25, 0.3) is 5.91 Å². The van der Waals surface area contributed by atoms with Gasteiger partial charge in [-0.3, -0.25) is 4.79 Å². The molecule has 1 aliphatic rings. The van der Waals surface area contributed by atoms with Crippen LogP contribution < -0.4 is 5.32 Å². The Morgan fingerprint density at radius 1 is 1.26 bits per heavy atom. The molecule has 0 unspecified atom stereocenters. The van der Waals surface area contributed by atoms with E-state index in [0.29, 0.717) is 5.76 Å². The van der Waals surface area contributed by atoms with Crippen LogP contribution in [0.4, 0.5) is 0 Å². The van der Waals surface area contributed by atoms with Crippen LogP contribution in [-0.2, 0) is 6.42 Å². The number of piperazine rings is 1. The van der Waals surface area contributed by atoms with Crippen molar-refractivity contribution < 1.29 is 9.21 Å². The van der Waals surface area contributed by atoms with Gasteiger partial charge in [0.2, 0.25) is 0 Å². The summed E-state index contributed by atoms with van der Waals surface area (Å²) in [6, 6.07) is 12.1. The number of aryl methyl sites for hydroxylation is 1. The number of halogens is 1. The summed E-state index contributed by atoms with van der Waals surface area (Å²) in [5.74, 6) is 1.14. The van der Waals surface area contributed by atoms with Gasteiger partial charge in [0.05, 0.1) is 0 Å². The van der Waals surface area contributed by atoms with Gasteiger partial charge in [0.1, 0.15) is 5.76 Å². The molecular formula is C18H23ClN2O2. The molecule has 2 aromatic rings. The molecule has 1 saturated heterocycles.